The van der Waals surface area contributed by atoms with Gasteiger partial charge in [-0.1, -0.05) is 23.8 Å². The first-order valence-electron chi connectivity index (χ1n) is 9.40. The summed E-state index contributed by atoms with van der Waals surface area (Å²) in [6.45, 7) is 8.71. The van der Waals surface area contributed by atoms with E-state index in [9.17, 15) is 9.59 Å². The van der Waals surface area contributed by atoms with Crippen molar-refractivity contribution in [2.75, 3.05) is 5.32 Å². The van der Waals surface area contributed by atoms with Crippen molar-refractivity contribution in [2.24, 2.45) is 0 Å². The maximum absolute atomic E-state index is 11.9. The van der Waals surface area contributed by atoms with Gasteiger partial charge in [0.15, 0.2) is 0 Å². The van der Waals surface area contributed by atoms with Gasteiger partial charge >= 0.3 is 6.09 Å². The van der Waals surface area contributed by atoms with Gasteiger partial charge in [-0.2, -0.15) is 0 Å². The lowest BCUT2D eigenvalue weighted by Crippen LogP contribution is -2.28. The second kappa shape index (κ2) is 10.1. The summed E-state index contributed by atoms with van der Waals surface area (Å²) in [7, 11) is 0. The highest BCUT2D eigenvalue weighted by atomic mass is 35.5. The molecule has 0 aliphatic heterocycles. The molecule has 7 nitrogen and oxygen atoms in total. The minimum absolute atomic E-state index is 0.0787. The molecule has 2 N–H and O–H groups in total. The number of ether oxygens (including phenoxy) is 2. The molecule has 1 atom stereocenters. The minimum Gasteiger partial charge on any atom is -0.444 e. The molecule has 0 aliphatic rings. The second-order valence-corrected chi connectivity index (χ2v) is 8.06. The van der Waals surface area contributed by atoms with Crippen LogP contribution in [0.3, 0.4) is 0 Å². The van der Waals surface area contributed by atoms with Gasteiger partial charge in [-0.25, -0.2) is 9.78 Å². The van der Waals surface area contributed by atoms with E-state index in [0.29, 0.717) is 22.3 Å². The van der Waals surface area contributed by atoms with Crippen LogP contribution >= 0.6 is 11.6 Å². The molecule has 0 bridgehead atoms. The summed E-state index contributed by atoms with van der Waals surface area (Å²) in [6.07, 6.45) is 4.82. The van der Waals surface area contributed by atoms with Crippen LogP contribution in [0.15, 0.2) is 42.6 Å². The summed E-state index contributed by atoms with van der Waals surface area (Å²) < 4.78 is 10.9. The van der Waals surface area contributed by atoms with E-state index < -0.39 is 11.7 Å². The number of nitrogens with zero attached hydrogens (tertiary/aromatic N) is 1. The van der Waals surface area contributed by atoms with Crippen molar-refractivity contribution in [3.05, 3.63) is 53.2 Å². The van der Waals surface area contributed by atoms with E-state index in [1.54, 1.807) is 51.2 Å². The summed E-state index contributed by atoms with van der Waals surface area (Å²) in [5.74, 6) is 0.691. The molecular weight excluding hydrogens is 406 g/mol. The summed E-state index contributed by atoms with van der Waals surface area (Å²) in [6, 6.07) is 8.34. The molecule has 0 aliphatic carbocycles. The lowest BCUT2D eigenvalue weighted by molar-refractivity contribution is -0.119. The van der Waals surface area contributed by atoms with E-state index in [4.69, 9.17) is 21.1 Å². The fourth-order valence-corrected chi connectivity index (χ4v) is 2.59. The fraction of sp³-hybridized carbons (Fsp3) is 0.318. The Morgan fingerprint density at radius 3 is 2.50 bits per heavy atom. The number of amides is 2. The Balaban J connectivity index is 1.98. The average Bonchev–Trinajstić information content (AvgIpc) is 2.61. The van der Waals surface area contributed by atoms with Crippen LogP contribution in [0.2, 0.25) is 5.02 Å². The Bertz CT molecular complexity index is 921. The van der Waals surface area contributed by atoms with Crippen molar-refractivity contribution < 1.29 is 19.1 Å². The zero-order chi connectivity index (χ0) is 22.3. The third-order valence-corrected chi connectivity index (χ3v) is 3.85. The molecule has 2 rings (SSSR count). The number of anilines is 1. The lowest BCUT2D eigenvalue weighted by atomic mass is 10.2. The molecule has 1 aromatic heterocycles. The number of halogens is 1. The van der Waals surface area contributed by atoms with E-state index in [0.717, 1.165) is 5.56 Å². The Kier molecular flexibility index (Phi) is 7.83. The number of carbonyl (C=O) groups excluding carboxylic acids is 2. The number of aromatic nitrogens is 1. The zero-order valence-corrected chi connectivity index (χ0v) is 18.4. The Morgan fingerprint density at radius 2 is 1.93 bits per heavy atom. The monoisotopic (exact) mass is 431 g/mol. The number of hydrogen-bond acceptors (Lipinski definition) is 5. The van der Waals surface area contributed by atoms with Gasteiger partial charge in [-0.05, 0) is 57.5 Å². The SMILES string of the molecule is CC(=O)N[C@@H](C)/C=C/c1ccc(Oc2ccc(NC(=O)OC(C)(C)C)cc2Cl)nc1. The molecule has 1 heterocycles. The van der Waals surface area contributed by atoms with E-state index in [2.05, 4.69) is 15.6 Å². The average molecular weight is 432 g/mol. The first-order valence-corrected chi connectivity index (χ1v) is 9.78. The summed E-state index contributed by atoms with van der Waals surface area (Å²) in [5, 5.41) is 5.71. The van der Waals surface area contributed by atoms with E-state index in [1.807, 2.05) is 25.1 Å². The molecule has 0 radical (unpaired) electrons. The maximum Gasteiger partial charge on any atom is 0.412 e. The highest BCUT2D eigenvalue weighted by molar-refractivity contribution is 6.32. The molecule has 0 fully saturated rings. The topological polar surface area (TPSA) is 89.6 Å². The highest BCUT2D eigenvalue weighted by Gasteiger charge is 2.16. The maximum atomic E-state index is 11.9. The molecule has 30 heavy (non-hydrogen) atoms. The van der Waals surface area contributed by atoms with Crippen molar-refractivity contribution in [3.63, 3.8) is 0 Å². The Hall–Kier alpha value is -3.06. The summed E-state index contributed by atoms with van der Waals surface area (Å²) >= 11 is 6.26. The summed E-state index contributed by atoms with van der Waals surface area (Å²) in [4.78, 5) is 27.1. The normalized spacial score (nSPS) is 12.3. The van der Waals surface area contributed by atoms with Crippen LogP contribution in [-0.4, -0.2) is 28.6 Å². The van der Waals surface area contributed by atoms with Crippen molar-refractivity contribution in [3.8, 4) is 11.6 Å². The first-order chi connectivity index (χ1) is 14.0. The minimum atomic E-state index is -0.591. The molecule has 0 saturated carbocycles. The highest BCUT2D eigenvalue weighted by Crippen LogP contribution is 2.31. The predicted molar refractivity (Wildman–Crippen MR) is 118 cm³/mol. The molecule has 0 spiro atoms. The molecule has 2 aromatic rings. The van der Waals surface area contributed by atoms with E-state index in [-0.39, 0.29) is 11.9 Å². The predicted octanol–water partition coefficient (Wildman–Crippen LogP) is 5.41. The molecule has 0 saturated heterocycles. The lowest BCUT2D eigenvalue weighted by Gasteiger charge is -2.19. The van der Waals surface area contributed by atoms with Gasteiger partial charge in [-0.15, -0.1) is 0 Å². The quantitative estimate of drug-likeness (QED) is 0.638. The third-order valence-electron chi connectivity index (χ3n) is 3.56. The largest absolute Gasteiger partial charge is 0.444 e. The third kappa shape index (κ3) is 8.13. The number of carbonyl (C=O) groups is 2. The zero-order valence-electron chi connectivity index (χ0n) is 17.7. The molecule has 0 unspecified atom stereocenters. The van der Waals surface area contributed by atoms with Gasteiger partial charge in [0.2, 0.25) is 11.8 Å². The van der Waals surface area contributed by atoms with Crippen LogP contribution < -0.4 is 15.4 Å². The number of hydrogen-bond donors (Lipinski definition) is 2. The Morgan fingerprint density at radius 1 is 1.20 bits per heavy atom. The first kappa shape index (κ1) is 23.2. The van der Waals surface area contributed by atoms with Crippen LogP contribution in [0.25, 0.3) is 6.08 Å². The van der Waals surface area contributed by atoms with Crippen LogP contribution in [-0.2, 0) is 9.53 Å². The molecular formula is C22H26ClN3O4. The van der Waals surface area contributed by atoms with Gasteiger partial charge in [0, 0.05) is 30.9 Å². The molecule has 160 valence electrons. The van der Waals surface area contributed by atoms with Crippen molar-refractivity contribution in [1.82, 2.24) is 10.3 Å². The van der Waals surface area contributed by atoms with Crippen molar-refractivity contribution >= 4 is 35.4 Å². The van der Waals surface area contributed by atoms with Gasteiger partial charge < -0.3 is 14.8 Å². The molecule has 8 heteroatoms. The number of benzene rings is 1. The van der Waals surface area contributed by atoms with Gasteiger partial charge in [0.25, 0.3) is 0 Å². The fourth-order valence-electron chi connectivity index (χ4n) is 2.37. The van der Waals surface area contributed by atoms with Crippen molar-refractivity contribution in [2.45, 2.75) is 46.3 Å². The smallest absolute Gasteiger partial charge is 0.412 e. The second-order valence-electron chi connectivity index (χ2n) is 7.65. The van der Waals surface area contributed by atoms with Gasteiger partial charge in [0.1, 0.15) is 11.4 Å². The van der Waals surface area contributed by atoms with Crippen molar-refractivity contribution in [1.29, 1.82) is 0 Å². The van der Waals surface area contributed by atoms with Gasteiger partial charge in [-0.3, -0.25) is 10.1 Å². The van der Waals surface area contributed by atoms with E-state index in [1.165, 1.54) is 6.92 Å². The van der Waals surface area contributed by atoms with Crippen LogP contribution in [0, 0.1) is 0 Å². The van der Waals surface area contributed by atoms with Crippen LogP contribution in [0.1, 0.15) is 40.2 Å². The number of nitrogens with one attached hydrogen (secondary N) is 2. The molecule has 2 amide bonds. The molecule has 1 aromatic carbocycles. The number of pyridine rings is 1. The van der Waals surface area contributed by atoms with Gasteiger partial charge in [0.05, 0.1) is 5.02 Å². The van der Waals surface area contributed by atoms with Crippen LogP contribution in [0.5, 0.6) is 11.6 Å². The van der Waals surface area contributed by atoms with Crippen LogP contribution in [0.4, 0.5) is 10.5 Å². The number of rotatable bonds is 6. The standard InChI is InChI=1S/C22H26ClN3O4/c1-14(25-15(2)27)6-7-16-8-11-20(24-13-16)29-19-10-9-17(12-18(19)23)26-21(28)30-22(3,4)5/h6-14H,1-5H3,(H,25,27)(H,26,28)/b7-6+/t14-/m0/s1. The summed E-state index contributed by atoms with van der Waals surface area (Å²) in [5.41, 5.74) is 0.761. The van der Waals surface area contributed by atoms with E-state index >= 15 is 0 Å². The Labute approximate surface area is 181 Å².